The van der Waals surface area contributed by atoms with E-state index in [0.29, 0.717) is 0 Å². The summed E-state index contributed by atoms with van der Waals surface area (Å²) in [7, 11) is 0. The molecule has 0 amide bonds. The van der Waals surface area contributed by atoms with Gasteiger partial charge in [0.25, 0.3) is 0 Å². The van der Waals surface area contributed by atoms with Crippen molar-refractivity contribution in [1.29, 1.82) is 0 Å². The number of hydrogen-bond acceptors (Lipinski definition) is 2. The molecule has 0 aliphatic rings. The van der Waals surface area contributed by atoms with E-state index in [1.54, 1.807) is 11.3 Å². The molecule has 1 aromatic heterocycles. The molecular weight excluding hydrogens is 318 g/mol. The first-order valence-electron chi connectivity index (χ1n) is 5.26. The summed E-state index contributed by atoms with van der Waals surface area (Å²) in [5.74, 6) is 0. The van der Waals surface area contributed by atoms with Crippen molar-refractivity contribution in [3.05, 3.63) is 54.6 Å². The van der Waals surface area contributed by atoms with Gasteiger partial charge in [-0.15, -0.1) is 11.3 Å². The van der Waals surface area contributed by atoms with Gasteiger partial charge in [-0.05, 0) is 48.1 Å². The van der Waals surface area contributed by atoms with Crippen LogP contribution >= 0.6 is 38.9 Å². The average Bonchev–Trinajstić information content (AvgIpc) is 2.69. The zero-order chi connectivity index (χ0) is 12.6. The maximum Gasteiger partial charge on any atom is 0.0663 e. The highest BCUT2D eigenvalue weighted by Crippen LogP contribution is 2.34. The number of nitrogens with two attached hydrogens (primary N) is 1. The molecule has 0 aliphatic carbocycles. The van der Waals surface area contributed by atoms with Crippen molar-refractivity contribution >= 4 is 38.9 Å². The van der Waals surface area contributed by atoms with Crippen LogP contribution in [0.15, 0.2) is 28.1 Å². The van der Waals surface area contributed by atoms with Gasteiger partial charge in [-0.2, -0.15) is 0 Å². The second kappa shape index (κ2) is 5.11. The fourth-order valence-corrected chi connectivity index (χ4v) is 3.46. The van der Waals surface area contributed by atoms with Crippen molar-refractivity contribution in [2.24, 2.45) is 5.73 Å². The molecule has 2 N–H and O–H groups in total. The van der Waals surface area contributed by atoms with Crippen LogP contribution in [0.4, 0.5) is 0 Å². The summed E-state index contributed by atoms with van der Waals surface area (Å²) >= 11 is 11.3. The molecular formula is C13H13BrClNS. The Labute approximate surface area is 119 Å². The molecule has 1 unspecified atom stereocenters. The Bertz CT molecular complexity index is 550. The molecule has 0 radical (unpaired) electrons. The van der Waals surface area contributed by atoms with E-state index < -0.39 is 0 Å². The van der Waals surface area contributed by atoms with E-state index in [0.717, 1.165) is 19.9 Å². The van der Waals surface area contributed by atoms with Crippen LogP contribution in [-0.2, 0) is 0 Å². The van der Waals surface area contributed by atoms with Gasteiger partial charge in [-0.25, -0.2) is 0 Å². The van der Waals surface area contributed by atoms with Crippen LogP contribution in [0.5, 0.6) is 0 Å². The predicted molar refractivity (Wildman–Crippen MR) is 79.0 cm³/mol. The van der Waals surface area contributed by atoms with E-state index in [1.165, 1.54) is 11.1 Å². The second-order valence-electron chi connectivity index (χ2n) is 4.07. The van der Waals surface area contributed by atoms with Crippen molar-refractivity contribution < 1.29 is 0 Å². The first-order chi connectivity index (χ1) is 8.00. The van der Waals surface area contributed by atoms with Crippen molar-refractivity contribution in [1.82, 2.24) is 0 Å². The van der Waals surface area contributed by atoms with Gasteiger partial charge in [-0.1, -0.05) is 33.6 Å². The van der Waals surface area contributed by atoms with Crippen molar-refractivity contribution in [2.75, 3.05) is 0 Å². The van der Waals surface area contributed by atoms with Crippen LogP contribution in [0.1, 0.15) is 27.6 Å². The molecule has 4 heteroatoms. The summed E-state index contributed by atoms with van der Waals surface area (Å²) in [6, 6.07) is 5.98. The lowest BCUT2D eigenvalue weighted by molar-refractivity contribution is 0.880. The molecule has 0 saturated heterocycles. The van der Waals surface area contributed by atoms with Crippen LogP contribution in [0, 0.1) is 13.8 Å². The lowest BCUT2D eigenvalue weighted by Gasteiger charge is -2.15. The highest BCUT2D eigenvalue weighted by atomic mass is 79.9. The fraction of sp³-hybridized carbons (Fsp3) is 0.231. The van der Waals surface area contributed by atoms with E-state index in [1.807, 2.05) is 11.4 Å². The molecule has 1 aromatic carbocycles. The van der Waals surface area contributed by atoms with Gasteiger partial charge in [-0.3, -0.25) is 0 Å². The Morgan fingerprint density at radius 3 is 2.59 bits per heavy atom. The maximum absolute atomic E-state index is 6.29. The first kappa shape index (κ1) is 13.1. The van der Waals surface area contributed by atoms with Crippen LogP contribution in [0.25, 0.3) is 0 Å². The molecule has 0 saturated carbocycles. The number of hydrogen-bond donors (Lipinski definition) is 1. The summed E-state index contributed by atoms with van der Waals surface area (Å²) in [5, 5.41) is 2.72. The molecule has 90 valence electrons. The van der Waals surface area contributed by atoms with Gasteiger partial charge in [0.1, 0.15) is 0 Å². The normalized spacial score (nSPS) is 12.8. The molecule has 0 spiro atoms. The zero-order valence-electron chi connectivity index (χ0n) is 9.63. The Balaban J connectivity index is 2.48. The minimum absolute atomic E-state index is 0.144. The zero-order valence-corrected chi connectivity index (χ0v) is 12.8. The SMILES string of the molecule is Cc1cc(C(N)c2sccc2Cl)c(C)cc1Br. The monoisotopic (exact) mass is 329 g/mol. The third-order valence-corrected chi connectivity index (χ3v) is 5.11. The molecule has 0 fully saturated rings. The van der Waals surface area contributed by atoms with E-state index in [4.69, 9.17) is 17.3 Å². The minimum atomic E-state index is -0.144. The maximum atomic E-state index is 6.29. The number of halogens is 2. The van der Waals surface area contributed by atoms with Gasteiger partial charge >= 0.3 is 0 Å². The Morgan fingerprint density at radius 1 is 1.29 bits per heavy atom. The predicted octanol–water partition coefficient (Wildman–Crippen LogP) is 4.83. The van der Waals surface area contributed by atoms with Crippen LogP contribution < -0.4 is 5.73 Å². The number of thiophene rings is 1. The van der Waals surface area contributed by atoms with Gasteiger partial charge < -0.3 is 5.73 Å². The Hall–Kier alpha value is -0.350. The number of benzene rings is 1. The molecule has 1 heterocycles. The van der Waals surface area contributed by atoms with Gasteiger partial charge in [0.05, 0.1) is 11.1 Å². The molecule has 0 aliphatic heterocycles. The van der Waals surface area contributed by atoms with Crippen LogP contribution in [0.2, 0.25) is 5.02 Å². The summed E-state index contributed by atoms with van der Waals surface area (Å²) in [6.45, 7) is 4.14. The van der Waals surface area contributed by atoms with Crippen molar-refractivity contribution in [3.63, 3.8) is 0 Å². The van der Waals surface area contributed by atoms with Crippen LogP contribution in [-0.4, -0.2) is 0 Å². The molecule has 17 heavy (non-hydrogen) atoms. The topological polar surface area (TPSA) is 26.0 Å². The summed E-state index contributed by atoms with van der Waals surface area (Å²) in [5.41, 5.74) is 9.80. The lowest BCUT2D eigenvalue weighted by atomic mass is 9.98. The summed E-state index contributed by atoms with van der Waals surface area (Å²) < 4.78 is 1.11. The van der Waals surface area contributed by atoms with Gasteiger partial charge in [0.2, 0.25) is 0 Å². The van der Waals surface area contributed by atoms with E-state index in [9.17, 15) is 0 Å². The Kier molecular flexibility index (Phi) is 3.93. The van der Waals surface area contributed by atoms with Crippen molar-refractivity contribution in [2.45, 2.75) is 19.9 Å². The lowest BCUT2D eigenvalue weighted by Crippen LogP contribution is -2.12. The quantitative estimate of drug-likeness (QED) is 0.838. The van der Waals surface area contributed by atoms with E-state index >= 15 is 0 Å². The highest BCUT2D eigenvalue weighted by molar-refractivity contribution is 9.10. The standard InChI is InChI=1S/C13H13BrClNS/c1-7-6-10(14)8(2)5-9(7)12(16)13-11(15)3-4-17-13/h3-6,12H,16H2,1-2H3. The summed E-state index contributed by atoms with van der Waals surface area (Å²) in [4.78, 5) is 1.02. The summed E-state index contributed by atoms with van der Waals surface area (Å²) in [6.07, 6.45) is 0. The molecule has 2 rings (SSSR count). The molecule has 2 aromatic rings. The highest BCUT2D eigenvalue weighted by Gasteiger charge is 2.16. The molecule has 0 bridgehead atoms. The first-order valence-corrected chi connectivity index (χ1v) is 7.31. The Morgan fingerprint density at radius 2 is 2.00 bits per heavy atom. The number of aryl methyl sites for hydroxylation is 2. The largest absolute Gasteiger partial charge is 0.320 e. The molecule has 1 atom stereocenters. The third kappa shape index (κ3) is 2.58. The minimum Gasteiger partial charge on any atom is -0.320 e. The average molecular weight is 331 g/mol. The smallest absolute Gasteiger partial charge is 0.0663 e. The van der Waals surface area contributed by atoms with Gasteiger partial charge in [0.15, 0.2) is 0 Å². The third-order valence-electron chi connectivity index (χ3n) is 2.81. The van der Waals surface area contributed by atoms with Gasteiger partial charge in [0, 0.05) is 9.35 Å². The van der Waals surface area contributed by atoms with Crippen LogP contribution in [0.3, 0.4) is 0 Å². The molecule has 1 nitrogen and oxygen atoms in total. The second-order valence-corrected chi connectivity index (χ2v) is 6.28. The fourth-order valence-electron chi connectivity index (χ4n) is 1.81. The number of rotatable bonds is 2. The van der Waals surface area contributed by atoms with E-state index in [-0.39, 0.29) is 6.04 Å². The van der Waals surface area contributed by atoms with Crippen molar-refractivity contribution in [3.8, 4) is 0 Å². The van der Waals surface area contributed by atoms with E-state index in [2.05, 4.69) is 41.9 Å².